The normalized spacial score (nSPS) is 11.7. The molecule has 0 unspecified atom stereocenters. The van der Waals surface area contributed by atoms with Crippen molar-refractivity contribution in [2.75, 3.05) is 25.5 Å². The molecule has 0 aliphatic heterocycles. The van der Waals surface area contributed by atoms with Gasteiger partial charge in [0.25, 0.3) is 0 Å². The van der Waals surface area contributed by atoms with Crippen LogP contribution in [0.15, 0.2) is 24.3 Å². The van der Waals surface area contributed by atoms with Crippen LogP contribution in [0.3, 0.4) is 0 Å². The van der Waals surface area contributed by atoms with Gasteiger partial charge in [0.05, 0.1) is 12.5 Å². The third kappa shape index (κ3) is 8.00. The van der Waals surface area contributed by atoms with Crippen LogP contribution in [-0.2, 0) is 16.1 Å². The molecule has 1 aromatic rings. The van der Waals surface area contributed by atoms with Gasteiger partial charge in [0, 0.05) is 26.3 Å². The van der Waals surface area contributed by atoms with E-state index in [1.807, 2.05) is 43.3 Å². The van der Waals surface area contributed by atoms with Gasteiger partial charge in [-0.25, -0.2) is 10.5 Å². The van der Waals surface area contributed by atoms with Gasteiger partial charge in [-0.15, -0.1) is 0 Å². The molecule has 140 valence electrons. The number of anilines is 1. The van der Waals surface area contributed by atoms with E-state index in [1.165, 1.54) is 0 Å². The third-order valence-electron chi connectivity index (χ3n) is 4.01. The molecule has 7 heteroatoms. The van der Waals surface area contributed by atoms with E-state index in [-0.39, 0.29) is 12.5 Å². The van der Waals surface area contributed by atoms with Crippen molar-refractivity contribution < 1.29 is 14.8 Å². The molecule has 25 heavy (non-hydrogen) atoms. The largest absolute Gasteiger partial charge is 0.378 e. The van der Waals surface area contributed by atoms with E-state index in [4.69, 9.17) is 0 Å². The number of unbranched alkanes of at least 4 members (excludes halogenated alkanes) is 2. The highest BCUT2D eigenvalue weighted by molar-refractivity contribution is 5.78. The van der Waals surface area contributed by atoms with Gasteiger partial charge in [0.1, 0.15) is 0 Å². The molecule has 7 nitrogen and oxygen atoms in total. The Labute approximate surface area is 149 Å². The fraction of sp³-hybridized carbons (Fsp3) is 0.556. The molecule has 3 N–H and O–H groups in total. The number of hydrogen-bond acceptors (Lipinski definition) is 5. The van der Waals surface area contributed by atoms with Crippen LogP contribution < -0.4 is 15.8 Å². The quantitative estimate of drug-likeness (QED) is 0.232. The molecule has 1 atom stereocenters. The van der Waals surface area contributed by atoms with E-state index in [9.17, 15) is 14.8 Å². The second kappa shape index (κ2) is 11.4. The lowest BCUT2D eigenvalue weighted by Crippen LogP contribution is -2.44. The number of carbonyl (C=O) groups excluding carboxylic acids is 2. The Bertz CT molecular complexity index is 520. The number of benzene rings is 1. The maximum absolute atomic E-state index is 12.3. The minimum atomic E-state index is -0.439. The number of carbonyl (C=O) groups is 2. The molecule has 0 saturated heterocycles. The van der Waals surface area contributed by atoms with Crippen LogP contribution in [0, 0.1) is 5.92 Å². The molecule has 0 fully saturated rings. The second-order valence-electron chi connectivity index (χ2n) is 6.32. The number of amides is 2. The Balaban J connectivity index is 2.47. The maximum atomic E-state index is 12.3. The minimum absolute atomic E-state index is 0.00173. The van der Waals surface area contributed by atoms with Crippen LogP contribution in [0.2, 0.25) is 0 Å². The standard InChI is InChI=1S/C18H30N4O3/c1-4-5-6-7-16(13-22(25)14-23)18(24)20-19-12-15-8-10-17(11-9-15)21(2)3/h8-11,14,16,19,25H,4-7,12-13H2,1-3H3,(H,20,24)/t16-/m1/s1. The van der Waals surface area contributed by atoms with Crippen molar-refractivity contribution in [1.82, 2.24) is 15.9 Å². The summed E-state index contributed by atoms with van der Waals surface area (Å²) in [5.41, 5.74) is 7.74. The summed E-state index contributed by atoms with van der Waals surface area (Å²) < 4.78 is 0. The predicted molar refractivity (Wildman–Crippen MR) is 97.9 cm³/mol. The summed E-state index contributed by atoms with van der Waals surface area (Å²) in [6, 6.07) is 8.02. The van der Waals surface area contributed by atoms with E-state index < -0.39 is 5.92 Å². The first kappa shape index (κ1) is 20.9. The predicted octanol–water partition coefficient (Wildman–Crippen LogP) is 1.92. The Kier molecular flexibility index (Phi) is 9.57. The van der Waals surface area contributed by atoms with Crippen LogP contribution in [0.25, 0.3) is 0 Å². The smallest absolute Gasteiger partial charge is 0.239 e. The minimum Gasteiger partial charge on any atom is -0.378 e. The first-order valence-electron chi connectivity index (χ1n) is 8.67. The molecule has 0 radical (unpaired) electrons. The van der Waals surface area contributed by atoms with E-state index in [0.29, 0.717) is 24.4 Å². The van der Waals surface area contributed by atoms with E-state index in [1.54, 1.807) is 0 Å². The third-order valence-corrected chi connectivity index (χ3v) is 4.01. The van der Waals surface area contributed by atoms with Crippen molar-refractivity contribution in [2.45, 2.75) is 39.2 Å². The molecule has 1 aromatic carbocycles. The van der Waals surface area contributed by atoms with Crippen LogP contribution in [0.4, 0.5) is 5.69 Å². The van der Waals surface area contributed by atoms with Gasteiger partial charge in [-0.1, -0.05) is 38.3 Å². The van der Waals surface area contributed by atoms with Crippen molar-refractivity contribution >= 4 is 18.0 Å². The summed E-state index contributed by atoms with van der Waals surface area (Å²) in [4.78, 5) is 24.9. The topological polar surface area (TPSA) is 84.9 Å². The average molecular weight is 350 g/mol. The Morgan fingerprint density at radius 3 is 2.48 bits per heavy atom. The SMILES string of the molecule is CCCCC[C@H](CN(O)C=O)C(=O)NNCc1ccc(N(C)C)cc1. The number of rotatable bonds is 12. The summed E-state index contributed by atoms with van der Waals surface area (Å²) >= 11 is 0. The molecule has 0 bridgehead atoms. The molecule has 1 rings (SSSR count). The van der Waals surface area contributed by atoms with E-state index in [0.717, 1.165) is 30.5 Å². The van der Waals surface area contributed by atoms with Crippen LogP contribution in [0.5, 0.6) is 0 Å². The molecule has 0 aromatic heterocycles. The highest BCUT2D eigenvalue weighted by Crippen LogP contribution is 2.13. The lowest BCUT2D eigenvalue weighted by molar-refractivity contribution is -0.154. The van der Waals surface area contributed by atoms with Crippen LogP contribution in [-0.4, -0.2) is 43.2 Å². The van der Waals surface area contributed by atoms with Crippen molar-refractivity contribution in [3.63, 3.8) is 0 Å². The summed E-state index contributed by atoms with van der Waals surface area (Å²) in [5, 5.41) is 9.89. The number of hydrogen-bond donors (Lipinski definition) is 3. The molecular weight excluding hydrogens is 320 g/mol. The zero-order valence-corrected chi connectivity index (χ0v) is 15.4. The van der Waals surface area contributed by atoms with Gasteiger partial charge in [-0.2, -0.15) is 0 Å². The summed E-state index contributed by atoms with van der Waals surface area (Å²) in [5.74, 6) is -0.660. The molecular formula is C18H30N4O3. The van der Waals surface area contributed by atoms with Crippen LogP contribution in [0.1, 0.15) is 38.2 Å². The summed E-state index contributed by atoms with van der Waals surface area (Å²) in [6.45, 7) is 2.58. The van der Waals surface area contributed by atoms with E-state index in [2.05, 4.69) is 17.8 Å². The van der Waals surface area contributed by atoms with E-state index >= 15 is 0 Å². The number of nitrogens with zero attached hydrogens (tertiary/aromatic N) is 2. The van der Waals surface area contributed by atoms with Gasteiger partial charge in [-0.3, -0.25) is 20.2 Å². The van der Waals surface area contributed by atoms with Gasteiger partial charge in [-0.05, 0) is 24.1 Å². The number of hydroxylamine groups is 2. The van der Waals surface area contributed by atoms with Crippen molar-refractivity contribution in [1.29, 1.82) is 0 Å². The van der Waals surface area contributed by atoms with Gasteiger partial charge in [0.15, 0.2) is 0 Å². The van der Waals surface area contributed by atoms with Crippen molar-refractivity contribution in [3.8, 4) is 0 Å². The number of hydrazine groups is 1. The van der Waals surface area contributed by atoms with Crippen LogP contribution >= 0.6 is 0 Å². The first-order chi connectivity index (χ1) is 12.0. The monoisotopic (exact) mass is 350 g/mol. The second-order valence-corrected chi connectivity index (χ2v) is 6.32. The molecule has 0 heterocycles. The fourth-order valence-electron chi connectivity index (χ4n) is 2.46. The maximum Gasteiger partial charge on any atom is 0.239 e. The fourth-order valence-corrected chi connectivity index (χ4v) is 2.46. The summed E-state index contributed by atoms with van der Waals surface area (Å²) in [6.07, 6.45) is 3.89. The Hall–Kier alpha value is -2.12. The average Bonchev–Trinajstić information content (AvgIpc) is 2.61. The molecule has 0 aliphatic rings. The highest BCUT2D eigenvalue weighted by Gasteiger charge is 2.20. The lowest BCUT2D eigenvalue weighted by Gasteiger charge is -2.20. The Morgan fingerprint density at radius 1 is 1.24 bits per heavy atom. The Morgan fingerprint density at radius 2 is 1.92 bits per heavy atom. The van der Waals surface area contributed by atoms with Crippen molar-refractivity contribution in [2.24, 2.45) is 5.92 Å². The zero-order chi connectivity index (χ0) is 18.7. The first-order valence-corrected chi connectivity index (χ1v) is 8.67. The molecule has 0 aliphatic carbocycles. The molecule has 2 amide bonds. The zero-order valence-electron chi connectivity index (χ0n) is 15.4. The van der Waals surface area contributed by atoms with Gasteiger partial charge < -0.3 is 4.90 Å². The van der Waals surface area contributed by atoms with Gasteiger partial charge in [0.2, 0.25) is 12.3 Å². The van der Waals surface area contributed by atoms with Gasteiger partial charge >= 0.3 is 0 Å². The summed E-state index contributed by atoms with van der Waals surface area (Å²) in [7, 11) is 3.96. The number of nitrogens with one attached hydrogen (secondary N) is 2. The lowest BCUT2D eigenvalue weighted by atomic mass is 10.0. The van der Waals surface area contributed by atoms with Crippen molar-refractivity contribution in [3.05, 3.63) is 29.8 Å². The molecule has 0 saturated carbocycles. The highest BCUT2D eigenvalue weighted by atomic mass is 16.5. The molecule has 0 spiro atoms.